The average Bonchev–Trinajstić information content (AvgIpc) is 1.96. The second-order valence-electron chi connectivity index (χ2n) is 4.34. The van der Waals surface area contributed by atoms with Gasteiger partial charge in [0.1, 0.15) is 0 Å². The molecule has 0 aliphatic carbocycles. The van der Waals surface area contributed by atoms with Crippen molar-refractivity contribution in [3.8, 4) is 0 Å². The highest BCUT2D eigenvalue weighted by Crippen LogP contribution is 2.35. The van der Waals surface area contributed by atoms with E-state index in [-0.39, 0.29) is 0 Å². The maximum atomic E-state index is 5.52. The Morgan fingerprint density at radius 2 is 1.85 bits per heavy atom. The second-order valence-corrected chi connectivity index (χ2v) is 4.34. The van der Waals surface area contributed by atoms with Gasteiger partial charge in [0, 0.05) is 26.1 Å². The Bertz CT molecular complexity index is 144. The van der Waals surface area contributed by atoms with Crippen molar-refractivity contribution >= 4 is 0 Å². The molecule has 2 aliphatic rings. The Morgan fingerprint density at radius 1 is 1.31 bits per heavy atom. The molecule has 78 valence electrons. The van der Waals surface area contributed by atoms with Gasteiger partial charge in [0.25, 0.3) is 0 Å². The third-order valence-corrected chi connectivity index (χ3v) is 2.61. The second kappa shape index (κ2) is 4.43. The first-order chi connectivity index (χ1) is 6.20. The van der Waals surface area contributed by atoms with Crippen LogP contribution in [0.2, 0.25) is 0 Å². The number of hydrogen-bond acceptors (Lipinski definition) is 2. The average molecular weight is 185 g/mol. The Hall–Kier alpha value is -0.0800. The number of hydrogen-bond donors (Lipinski definition) is 0. The molecule has 2 rings (SSSR count). The van der Waals surface area contributed by atoms with Crippen LogP contribution in [-0.4, -0.2) is 36.7 Å². The summed E-state index contributed by atoms with van der Waals surface area (Å²) >= 11 is 0. The Labute approximate surface area is 82.3 Å². The molecule has 0 atom stereocenters. The molecule has 0 unspecified atom stereocenters. The van der Waals surface area contributed by atoms with Crippen LogP contribution in [0.5, 0.6) is 0 Å². The summed E-state index contributed by atoms with van der Waals surface area (Å²) in [5.74, 6) is 0.799. The molecule has 1 spiro atoms. The minimum Gasteiger partial charge on any atom is -0.372 e. The van der Waals surface area contributed by atoms with Gasteiger partial charge < -0.3 is 4.74 Å². The summed E-state index contributed by atoms with van der Waals surface area (Å²) in [6.45, 7) is 13.1. The van der Waals surface area contributed by atoms with E-state index in [1.165, 1.54) is 26.1 Å². The molecule has 0 radical (unpaired) electrons. The SMILES string of the molecule is CC.CC(C)CN1CC2(CCO2)C1. The summed E-state index contributed by atoms with van der Waals surface area (Å²) < 4.78 is 5.52. The molecular formula is C11H23NO. The predicted octanol–water partition coefficient (Wildman–Crippen LogP) is 2.14. The molecule has 0 N–H and O–H groups in total. The number of likely N-dealkylation sites (tertiary alicyclic amines) is 1. The van der Waals surface area contributed by atoms with E-state index in [0.717, 1.165) is 12.5 Å². The number of rotatable bonds is 2. The van der Waals surface area contributed by atoms with Gasteiger partial charge in [-0.05, 0) is 5.92 Å². The highest BCUT2D eigenvalue weighted by atomic mass is 16.5. The summed E-state index contributed by atoms with van der Waals surface area (Å²) in [6, 6.07) is 0. The fourth-order valence-corrected chi connectivity index (χ4v) is 2.05. The third-order valence-electron chi connectivity index (χ3n) is 2.61. The molecule has 0 saturated carbocycles. The lowest BCUT2D eigenvalue weighted by atomic mass is 9.86. The van der Waals surface area contributed by atoms with E-state index < -0.39 is 0 Å². The molecule has 0 aromatic carbocycles. The van der Waals surface area contributed by atoms with E-state index in [2.05, 4.69) is 18.7 Å². The van der Waals surface area contributed by atoms with Crippen LogP contribution in [0.4, 0.5) is 0 Å². The largest absolute Gasteiger partial charge is 0.372 e. The predicted molar refractivity (Wildman–Crippen MR) is 55.9 cm³/mol. The molecule has 2 fully saturated rings. The van der Waals surface area contributed by atoms with Gasteiger partial charge in [0.15, 0.2) is 0 Å². The summed E-state index contributed by atoms with van der Waals surface area (Å²) in [6.07, 6.45) is 1.29. The highest BCUT2D eigenvalue weighted by molar-refractivity contribution is 5.01. The maximum Gasteiger partial charge on any atom is 0.0956 e. The van der Waals surface area contributed by atoms with E-state index in [1.54, 1.807) is 0 Å². The van der Waals surface area contributed by atoms with Gasteiger partial charge in [-0.3, -0.25) is 4.90 Å². The summed E-state index contributed by atoms with van der Waals surface area (Å²) in [4.78, 5) is 2.49. The maximum absolute atomic E-state index is 5.52. The Morgan fingerprint density at radius 3 is 2.15 bits per heavy atom. The molecule has 2 aliphatic heterocycles. The molecule has 0 bridgehead atoms. The first-order valence-corrected chi connectivity index (χ1v) is 5.57. The monoisotopic (exact) mass is 185 g/mol. The molecule has 2 heteroatoms. The summed E-state index contributed by atoms with van der Waals surface area (Å²) in [7, 11) is 0. The first-order valence-electron chi connectivity index (χ1n) is 5.57. The zero-order valence-electron chi connectivity index (χ0n) is 9.47. The minimum absolute atomic E-state index is 0.328. The molecule has 2 saturated heterocycles. The third kappa shape index (κ3) is 2.44. The van der Waals surface area contributed by atoms with Crippen LogP contribution in [0.3, 0.4) is 0 Å². The molecule has 0 aromatic rings. The van der Waals surface area contributed by atoms with Gasteiger partial charge in [-0.25, -0.2) is 0 Å². The highest BCUT2D eigenvalue weighted by Gasteiger charge is 2.48. The van der Waals surface area contributed by atoms with Crippen molar-refractivity contribution < 1.29 is 4.74 Å². The molecule has 0 amide bonds. The van der Waals surface area contributed by atoms with Crippen molar-refractivity contribution in [3.05, 3.63) is 0 Å². The summed E-state index contributed by atoms with van der Waals surface area (Å²) in [5, 5.41) is 0. The van der Waals surface area contributed by atoms with Crippen LogP contribution in [0.25, 0.3) is 0 Å². The first kappa shape index (κ1) is 11.0. The van der Waals surface area contributed by atoms with Gasteiger partial charge in [0.2, 0.25) is 0 Å². The van der Waals surface area contributed by atoms with Crippen molar-refractivity contribution in [2.24, 2.45) is 5.92 Å². The van der Waals surface area contributed by atoms with Crippen LogP contribution < -0.4 is 0 Å². The zero-order valence-corrected chi connectivity index (χ0v) is 9.47. The standard InChI is InChI=1S/C9H17NO.C2H6/c1-8(2)5-10-6-9(7-10)3-4-11-9;1-2/h8H,3-7H2,1-2H3;1-2H3. The smallest absolute Gasteiger partial charge is 0.0956 e. The van der Waals surface area contributed by atoms with Crippen LogP contribution >= 0.6 is 0 Å². The molecule has 2 heterocycles. The molecule has 2 nitrogen and oxygen atoms in total. The van der Waals surface area contributed by atoms with E-state index in [0.29, 0.717) is 5.60 Å². The topological polar surface area (TPSA) is 12.5 Å². The van der Waals surface area contributed by atoms with Crippen molar-refractivity contribution in [1.82, 2.24) is 4.90 Å². The van der Waals surface area contributed by atoms with Crippen LogP contribution in [0, 0.1) is 5.92 Å². The zero-order chi connectivity index (χ0) is 9.90. The lowest BCUT2D eigenvalue weighted by Crippen LogP contribution is -2.68. The quantitative estimate of drug-likeness (QED) is 0.653. The van der Waals surface area contributed by atoms with E-state index in [4.69, 9.17) is 4.74 Å². The molecule has 13 heavy (non-hydrogen) atoms. The minimum atomic E-state index is 0.328. The number of ether oxygens (including phenoxy) is 1. The fourth-order valence-electron chi connectivity index (χ4n) is 2.05. The van der Waals surface area contributed by atoms with Gasteiger partial charge in [-0.1, -0.05) is 27.7 Å². The van der Waals surface area contributed by atoms with E-state index in [1.807, 2.05) is 13.8 Å². The number of nitrogens with zero attached hydrogens (tertiary/aromatic N) is 1. The fraction of sp³-hybridized carbons (Fsp3) is 1.00. The van der Waals surface area contributed by atoms with Gasteiger partial charge >= 0.3 is 0 Å². The summed E-state index contributed by atoms with van der Waals surface area (Å²) in [5.41, 5.74) is 0.328. The van der Waals surface area contributed by atoms with Crippen molar-refractivity contribution in [2.45, 2.75) is 39.7 Å². The normalized spacial score (nSPS) is 24.7. The van der Waals surface area contributed by atoms with Gasteiger partial charge in [0.05, 0.1) is 12.2 Å². The van der Waals surface area contributed by atoms with Crippen molar-refractivity contribution in [3.63, 3.8) is 0 Å². The lowest BCUT2D eigenvalue weighted by molar-refractivity contribution is -0.222. The van der Waals surface area contributed by atoms with Crippen LogP contribution in [-0.2, 0) is 4.74 Å². The van der Waals surface area contributed by atoms with Crippen molar-refractivity contribution in [1.29, 1.82) is 0 Å². The Balaban J connectivity index is 0.000000396. The van der Waals surface area contributed by atoms with E-state index in [9.17, 15) is 0 Å². The van der Waals surface area contributed by atoms with Gasteiger partial charge in [-0.15, -0.1) is 0 Å². The lowest BCUT2D eigenvalue weighted by Gasteiger charge is -2.55. The van der Waals surface area contributed by atoms with Crippen LogP contribution in [0.1, 0.15) is 34.1 Å². The van der Waals surface area contributed by atoms with Crippen LogP contribution in [0.15, 0.2) is 0 Å². The molecular weight excluding hydrogens is 162 g/mol. The Kier molecular flexibility index (Phi) is 3.74. The molecule has 0 aromatic heterocycles. The van der Waals surface area contributed by atoms with Crippen molar-refractivity contribution in [2.75, 3.05) is 26.2 Å². The van der Waals surface area contributed by atoms with E-state index >= 15 is 0 Å². The van der Waals surface area contributed by atoms with Gasteiger partial charge in [-0.2, -0.15) is 0 Å².